The summed E-state index contributed by atoms with van der Waals surface area (Å²) in [6.07, 6.45) is 4.19. The highest BCUT2D eigenvalue weighted by molar-refractivity contribution is 14.1. The summed E-state index contributed by atoms with van der Waals surface area (Å²) in [7, 11) is 1.58. The fourth-order valence-corrected chi connectivity index (χ4v) is 3.76. The molecule has 25 heavy (non-hydrogen) atoms. The Kier molecular flexibility index (Phi) is 6.95. The highest BCUT2D eigenvalue weighted by Crippen LogP contribution is 2.37. The molecule has 134 valence electrons. The van der Waals surface area contributed by atoms with E-state index in [1.165, 1.54) is 11.0 Å². The predicted molar refractivity (Wildman–Crippen MR) is 109 cm³/mol. The third-order valence-electron chi connectivity index (χ3n) is 3.63. The number of thioether (sulfide) groups is 1. The van der Waals surface area contributed by atoms with Crippen molar-refractivity contribution in [2.45, 2.75) is 26.4 Å². The molecule has 0 N–H and O–H groups in total. The molecule has 1 saturated heterocycles. The van der Waals surface area contributed by atoms with E-state index < -0.39 is 0 Å². The van der Waals surface area contributed by atoms with E-state index in [-0.39, 0.29) is 23.8 Å². The molecule has 0 unspecified atom stereocenters. The average molecular weight is 473 g/mol. The Hall–Kier alpha value is -1.48. The van der Waals surface area contributed by atoms with Crippen molar-refractivity contribution in [3.8, 4) is 11.5 Å². The molecule has 2 amide bonds. The number of benzene rings is 1. The zero-order chi connectivity index (χ0) is 18.6. The zero-order valence-electron chi connectivity index (χ0n) is 14.4. The van der Waals surface area contributed by atoms with Gasteiger partial charge < -0.3 is 9.47 Å². The Morgan fingerprint density at radius 3 is 2.72 bits per heavy atom. The largest absolute Gasteiger partial charge is 0.493 e. The maximum atomic E-state index is 12.3. The van der Waals surface area contributed by atoms with E-state index >= 15 is 0 Å². The van der Waals surface area contributed by atoms with Crippen LogP contribution < -0.4 is 9.47 Å². The van der Waals surface area contributed by atoms with E-state index in [0.717, 1.165) is 27.3 Å². The van der Waals surface area contributed by atoms with Crippen LogP contribution in [0.2, 0.25) is 0 Å². The minimum absolute atomic E-state index is 0.0728. The number of nitrogens with zero attached hydrogens (tertiary/aromatic N) is 1. The molecule has 1 fully saturated rings. The SMILES string of the molecule is C=CCN1C(=O)S/C(=C/c2cc(I)c(O[C@H](C)CC)c(OC)c2)C1=O. The monoisotopic (exact) mass is 473 g/mol. The Morgan fingerprint density at radius 2 is 2.12 bits per heavy atom. The number of halogens is 1. The van der Waals surface area contributed by atoms with Crippen LogP contribution in [0.5, 0.6) is 11.5 Å². The number of hydrogen-bond acceptors (Lipinski definition) is 5. The van der Waals surface area contributed by atoms with Crippen molar-refractivity contribution in [2.24, 2.45) is 0 Å². The number of carbonyl (C=O) groups excluding carboxylic acids is 2. The van der Waals surface area contributed by atoms with Gasteiger partial charge in [-0.15, -0.1) is 6.58 Å². The van der Waals surface area contributed by atoms with E-state index in [2.05, 4.69) is 36.1 Å². The van der Waals surface area contributed by atoms with Crippen molar-refractivity contribution in [1.82, 2.24) is 4.90 Å². The second-order valence-electron chi connectivity index (χ2n) is 5.45. The Labute approximate surface area is 165 Å². The summed E-state index contributed by atoms with van der Waals surface area (Å²) < 4.78 is 12.3. The maximum Gasteiger partial charge on any atom is 0.293 e. The molecule has 1 aliphatic rings. The summed E-state index contributed by atoms with van der Waals surface area (Å²) in [6, 6.07) is 3.71. The van der Waals surface area contributed by atoms with Gasteiger partial charge in [-0.1, -0.05) is 13.0 Å². The van der Waals surface area contributed by atoms with Crippen molar-refractivity contribution in [3.05, 3.63) is 38.8 Å². The summed E-state index contributed by atoms with van der Waals surface area (Å²) in [4.78, 5) is 25.8. The van der Waals surface area contributed by atoms with Gasteiger partial charge in [0.05, 0.1) is 21.7 Å². The van der Waals surface area contributed by atoms with Gasteiger partial charge in [-0.3, -0.25) is 14.5 Å². The molecule has 1 atom stereocenters. The van der Waals surface area contributed by atoms with E-state index in [0.29, 0.717) is 16.4 Å². The Bertz CT molecular complexity index is 732. The van der Waals surface area contributed by atoms with E-state index in [9.17, 15) is 9.59 Å². The van der Waals surface area contributed by atoms with Crippen LogP contribution in [0.1, 0.15) is 25.8 Å². The molecule has 1 aromatic carbocycles. The number of rotatable bonds is 7. The number of ether oxygens (including phenoxy) is 2. The van der Waals surface area contributed by atoms with Gasteiger partial charge in [0, 0.05) is 6.54 Å². The minimum Gasteiger partial charge on any atom is -0.493 e. The van der Waals surface area contributed by atoms with Crippen molar-refractivity contribution >= 4 is 51.6 Å². The first-order valence-corrected chi connectivity index (χ1v) is 9.71. The highest BCUT2D eigenvalue weighted by atomic mass is 127. The Balaban J connectivity index is 2.35. The molecule has 7 heteroatoms. The summed E-state index contributed by atoms with van der Waals surface area (Å²) in [5.74, 6) is 0.988. The van der Waals surface area contributed by atoms with Gasteiger partial charge >= 0.3 is 0 Å². The molecule has 2 rings (SSSR count). The van der Waals surface area contributed by atoms with Gasteiger partial charge in [0.15, 0.2) is 11.5 Å². The average Bonchev–Trinajstić information content (AvgIpc) is 2.84. The van der Waals surface area contributed by atoms with E-state index in [1.807, 2.05) is 13.0 Å². The number of methoxy groups -OCH3 is 1. The standard InChI is InChI=1S/C18H20INO4S/c1-5-7-20-17(21)15(25-18(20)22)10-12-8-13(19)16(14(9-12)23-4)24-11(3)6-2/h5,8-11H,1,6-7H2,2-4H3/b15-10+/t11-/m1/s1. The molecule has 0 radical (unpaired) electrons. The van der Waals surface area contributed by atoms with Crippen LogP contribution in [0.3, 0.4) is 0 Å². The second kappa shape index (κ2) is 8.75. The summed E-state index contributed by atoms with van der Waals surface area (Å²) in [5, 5.41) is -0.283. The van der Waals surface area contributed by atoms with Crippen LogP contribution in [0, 0.1) is 3.57 Å². The van der Waals surface area contributed by atoms with E-state index in [4.69, 9.17) is 9.47 Å². The molecule has 1 aromatic rings. The summed E-state index contributed by atoms with van der Waals surface area (Å²) in [6.45, 7) is 7.84. The first-order valence-electron chi connectivity index (χ1n) is 7.81. The molecule has 0 aromatic heterocycles. The molecule has 1 aliphatic heterocycles. The van der Waals surface area contributed by atoms with Gasteiger partial charge in [-0.05, 0) is 71.5 Å². The number of hydrogen-bond donors (Lipinski definition) is 0. The molecule has 0 spiro atoms. The summed E-state index contributed by atoms with van der Waals surface area (Å²) in [5.41, 5.74) is 0.779. The number of imide groups is 1. The minimum atomic E-state index is -0.302. The fraction of sp³-hybridized carbons (Fsp3) is 0.333. The zero-order valence-corrected chi connectivity index (χ0v) is 17.3. The fourth-order valence-electron chi connectivity index (χ4n) is 2.16. The van der Waals surface area contributed by atoms with Gasteiger partial charge in [0.1, 0.15) is 0 Å². The maximum absolute atomic E-state index is 12.3. The molecule has 0 aliphatic carbocycles. The van der Waals surface area contributed by atoms with E-state index in [1.54, 1.807) is 19.3 Å². The van der Waals surface area contributed by atoms with Crippen LogP contribution >= 0.6 is 34.4 Å². The topological polar surface area (TPSA) is 55.8 Å². The molecule has 0 saturated carbocycles. The van der Waals surface area contributed by atoms with Gasteiger partial charge in [-0.2, -0.15) is 0 Å². The lowest BCUT2D eigenvalue weighted by Gasteiger charge is -2.17. The Morgan fingerprint density at radius 1 is 1.40 bits per heavy atom. The van der Waals surface area contributed by atoms with Crippen LogP contribution in [-0.4, -0.2) is 35.8 Å². The second-order valence-corrected chi connectivity index (χ2v) is 7.61. The smallest absolute Gasteiger partial charge is 0.293 e. The lowest BCUT2D eigenvalue weighted by atomic mass is 10.1. The number of amides is 2. The lowest BCUT2D eigenvalue weighted by Crippen LogP contribution is -2.27. The lowest BCUT2D eigenvalue weighted by molar-refractivity contribution is -0.122. The third-order valence-corrected chi connectivity index (χ3v) is 5.34. The highest BCUT2D eigenvalue weighted by Gasteiger charge is 2.34. The van der Waals surface area contributed by atoms with Crippen molar-refractivity contribution in [1.29, 1.82) is 0 Å². The molecule has 5 nitrogen and oxygen atoms in total. The third kappa shape index (κ3) is 4.58. The first kappa shape index (κ1) is 19.8. The van der Waals surface area contributed by atoms with Crippen LogP contribution in [0.15, 0.2) is 29.7 Å². The number of carbonyl (C=O) groups is 2. The first-order chi connectivity index (χ1) is 11.9. The van der Waals surface area contributed by atoms with Crippen LogP contribution in [-0.2, 0) is 4.79 Å². The summed E-state index contributed by atoms with van der Waals surface area (Å²) >= 11 is 3.11. The van der Waals surface area contributed by atoms with Crippen molar-refractivity contribution < 1.29 is 19.1 Å². The quantitative estimate of drug-likeness (QED) is 0.327. The molecule has 1 heterocycles. The normalized spacial score (nSPS) is 17.1. The van der Waals surface area contributed by atoms with Crippen molar-refractivity contribution in [3.63, 3.8) is 0 Å². The van der Waals surface area contributed by atoms with Gasteiger partial charge in [-0.25, -0.2) is 0 Å². The van der Waals surface area contributed by atoms with Crippen LogP contribution in [0.4, 0.5) is 4.79 Å². The van der Waals surface area contributed by atoms with Crippen molar-refractivity contribution in [2.75, 3.05) is 13.7 Å². The molecule has 0 bridgehead atoms. The predicted octanol–water partition coefficient (Wildman–Crippen LogP) is 4.70. The molecular formula is C18H20INO4S. The van der Waals surface area contributed by atoms with Gasteiger partial charge in [0.2, 0.25) is 0 Å². The van der Waals surface area contributed by atoms with Gasteiger partial charge in [0.25, 0.3) is 11.1 Å². The van der Waals surface area contributed by atoms with Crippen LogP contribution in [0.25, 0.3) is 6.08 Å². The molecular weight excluding hydrogens is 453 g/mol.